The number of ether oxygens (including phenoxy) is 2. The van der Waals surface area contributed by atoms with Crippen molar-refractivity contribution in [2.24, 2.45) is 5.10 Å². The molecule has 9 nitrogen and oxygen atoms in total. The fourth-order valence-corrected chi connectivity index (χ4v) is 5.17. The van der Waals surface area contributed by atoms with E-state index in [4.69, 9.17) is 4.74 Å². The van der Waals surface area contributed by atoms with Crippen LogP contribution in [0.15, 0.2) is 87.3 Å². The number of hydrogen-bond acceptors (Lipinski definition) is 7. The molecule has 0 aliphatic rings. The van der Waals surface area contributed by atoms with E-state index in [9.17, 15) is 18.0 Å². The van der Waals surface area contributed by atoms with Gasteiger partial charge in [-0.15, -0.1) is 0 Å². The molecular weight excluding hydrogens is 538 g/mol. The van der Waals surface area contributed by atoms with Crippen LogP contribution in [0.1, 0.15) is 15.9 Å². The molecule has 0 aromatic heterocycles. The van der Waals surface area contributed by atoms with E-state index in [1.807, 2.05) is 0 Å². The number of nitrogens with one attached hydrogen (secondary N) is 1. The number of benzene rings is 3. The Balaban J connectivity index is 1.82. The summed E-state index contributed by atoms with van der Waals surface area (Å²) in [5.41, 5.74) is 3.62. The highest BCUT2D eigenvalue weighted by Gasteiger charge is 2.30. The quantitative estimate of drug-likeness (QED) is 0.243. The van der Waals surface area contributed by atoms with Gasteiger partial charge in [0.15, 0.2) is 0 Å². The van der Waals surface area contributed by atoms with Gasteiger partial charge in [-0.25, -0.2) is 18.6 Å². The topological polar surface area (TPSA) is 114 Å². The third-order valence-electron chi connectivity index (χ3n) is 4.76. The molecular formula is C24H22BrN3O6S. The lowest BCUT2D eigenvalue weighted by atomic mass is 10.1. The summed E-state index contributed by atoms with van der Waals surface area (Å²) in [6, 6.07) is 19.2. The number of para-hydroxylation sites is 1. The van der Waals surface area contributed by atoms with Gasteiger partial charge < -0.3 is 9.47 Å². The molecule has 0 unspecified atom stereocenters. The zero-order valence-electron chi connectivity index (χ0n) is 18.8. The van der Waals surface area contributed by atoms with E-state index >= 15 is 0 Å². The van der Waals surface area contributed by atoms with Crippen molar-refractivity contribution in [3.63, 3.8) is 0 Å². The van der Waals surface area contributed by atoms with Gasteiger partial charge in [-0.3, -0.25) is 9.10 Å². The maximum atomic E-state index is 13.6. The number of carbonyl (C=O) groups excluding carboxylic acids is 2. The van der Waals surface area contributed by atoms with Crippen molar-refractivity contribution in [1.29, 1.82) is 0 Å². The van der Waals surface area contributed by atoms with Crippen LogP contribution < -0.4 is 14.5 Å². The maximum absolute atomic E-state index is 13.6. The molecule has 0 saturated heterocycles. The van der Waals surface area contributed by atoms with Crippen LogP contribution in [0.2, 0.25) is 0 Å². The molecule has 0 radical (unpaired) electrons. The van der Waals surface area contributed by atoms with Crippen molar-refractivity contribution in [1.82, 2.24) is 5.43 Å². The fraction of sp³-hybridized carbons (Fsp3) is 0.125. The summed E-state index contributed by atoms with van der Waals surface area (Å²) in [5.74, 6) is -0.983. The minimum absolute atomic E-state index is 0.0970. The summed E-state index contributed by atoms with van der Waals surface area (Å²) in [4.78, 5) is 24.1. The van der Waals surface area contributed by atoms with Gasteiger partial charge in [0.2, 0.25) is 0 Å². The van der Waals surface area contributed by atoms with Gasteiger partial charge in [0.1, 0.15) is 17.2 Å². The molecule has 1 amide bonds. The molecule has 11 heteroatoms. The van der Waals surface area contributed by atoms with Crippen LogP contribution in [0.4, 0.5) is 5.69 Å². The highest BCUT2D eigenvalue weighted by Crippen LogP contribution is 2.32. The fourth-order valence-electron chi connectivity index (χ4n) is 3.05. The molecule has 0 heterocycles. The zero-order chi connectivity index (χ0) is 25.4. The van der Waals surface area contributed by atoms with Crippen LogP contribution in [0.3, 0.4) is 0 Å². The Morgan fingerprint density at radius 3 is 2.34 bits per heavy atom. The van der Waals surface area contributed by atoms with Crippen LogP contribution in [-0.4, -0.2) is 47.3 Å². The Labute approximate surface area is 211 Å². The molecule has 0 spiro atoms. The summed E-state index contributed by atoms with van der Waals surface area (Å²) >= 11 is 3.28. The van der Waals surface area contributed by atoms with Crippen molar-refractivity contribution in [3.8, 4) is 5.75 Å². The van der Waals surface area contributed by atoms with E-state index in [1.165, 1.54) is 32.6 Å². The smallest absolute Gasteiger partial charge is 0.337 e. The van der Waals surface area contributed by atoms with Crippen molar-refractivity contribution in [3.05, 3.63) is 88.4 Å². The van der Waals surface area contributed by atoms with Crippen LogP contribution in [0.25, 0.3) is 0 Å². The Morgan fingerprint density at radius 1 is 1.03 bits per heavy atom. The lowest BCUT2D eigenvalue weighted by molar-refractivity contribution is -0.119. The predicted molar refractivity (Wildman–Crippen MR) is 135 cm³/mol. The zero-order valence-corrected chi connectivity index (χ0v) is 21.2. The van der Waals surface area contributed by atoms with Crippen LogP contribution in [0.5, 0.6) is 5.75 Å². The van der Waals surface area contributed by atoms with E-state index < -0.39 is 28.4 Å². The second kappa shape index (κ2) is 11.6. The number of anilines is 1. The Hall–Kier alpha value is -3.70. The number of amides is 1. The average molecular weight is 560 g/mol. The number of nitrogens with zero attached hydrogens (tertiary/aromatic N) is 2. The van der Waals surface area contributed by atoms with E-state index in [0.29, 0.717) is 21.3 Å². The third kappa shape index (κ3) is 6.46. The molecule has 0 aliphatic heterocycles. The number of esters is 1. The largest absolute Gasteiger partial charge is 0.495 e. The molecule has 0 fully saturated rings. The van der Waals surface area contributed by atoms with Gasteiger partial charge in [-0.05, 0) is 48.0 Å². The summed E-state index contributed by atoms with van der Waals surface area (Å²) in [7, 11) is -1.53. The van der Waals surface area contributed by atoms with Gasteiger partial charge in [0, 0.05) is 4.47 Å². The molecule has 3 aromatic rings. The summed E-state index contributed by atoms with van der Waals surface area (Å²) in [6.45, 7) is -0.527. The highest BCUT2D eigenvalue weighted by molar-refractivity contribution is 9.10. The maximum Gasteiger partial charge on any atom is 0.337 e. The first-order chi connectivity index (χ1) is 16.8. The lowest BCUT2D eigenvalue weighted by Gasteiger charge is -2.24. The molecule has 0 saturated carbocycles. The van der Waals surface area contributed by atoms with Crippen molar-refractivity contribution < 1.29 is 27.5 Å². The number of sulfonamides is 1. The van der Waals surface area contributed by atoms with Gasteiger partial charge in [-0.1, -0.05) is 46.3 Å². The molecule has 35 heavy (non-hydrogen) atoms. The number of methoxy groups -OCH3 is 2. The van der Waals surface area contributed by atoms with Crippen molar-refractivity contribution in [2.75, 3.05) is 25.1 Å². The number of rotatable bonds is 9. The predicted octanol–water partition coefficient (Wildman–Crippen LogP) is 3.59. The van der Waals surface area contributed by atoms with Crippen LogP contribution >= 0.6 is 15.9 Å². The Kier molecular flexibility index (Phi) is 8.61. The number of hydrogen-bond donors (Lipinski definition) is 1. The van der Waals surface area contributed by atoms with Gasteiger partial charge in [0.25, 0.3) is 15.9 Å². The monoisotopic (exact) mass is 559 g/mol. The van der Waals surface area contributed by atoms with E-state index in [1.54, 1.807) is 60.7 Å². The number of hydrazone groups is 1. The summed E-state index contributed by atoms with van der Waals surface area (Å²) < 4.78 is 38.6. The summed E-state index contributed by atoms with van der Waals surface area (Å²) in [5, 5.41) is 3.89. The van der Waals surface area contributed by atoms with E-state index in [-0.39, 0.29) is 10.6 Å². The molecule has 0 bridgehead atoms. The highest BCUT2D eigenvalue weighted by atomic mass is 79.9. The second-order valence-corrected chi connectivity index (χ2v) is 9.80. The number of halogens is 1. The van der Waals surface area contributed by atoms with E-state index in [2.05, 4.69) is 31.2 Å². The third-order valence-corrected chi connectivity index (χ3v) is 7.05. The molecule has 3 rings (SSSR count). The van der Waals surface area contributed by atoms with Crippen LogP contribution in [-0.2, 0) is 19.6 Å². The second-order valence-electron chi connectivity index (χ2n) is 7.05. The minimum atomic E-state index is -4.19. The Morgan fingerprint density at radius 2 is 1.71 bits per heavy atom. The molecule has 0 aliphatic carbocycles. The average Bonchev–Trinajstić information content (AvgIpc) is 2.87. The SMILES string of the molecule is COC(=O)c1ccc(/C=N\NC(=O)CN(c2ccccc2)S(=O)(=O)c2cc(Br)ccc2OC)cc1. The first-order valence-electron chi connectivity index (χ1n) is 10.2. The first kappa shape index (κ1) is 25.9. The molecule has 182 valence electrons. The normalized spacial score (nSPS) is 11.2. The van der Waals surface area contributed by atoms with Crippen molar-refractivity contribution in [2.45, 2.75) is 4.90 Å². The standard InChI is InChI=1S/C24H22BrN3O6S/c1-33-21-13-12-19(25)14-22(21)35(31,32)28(20-6-4-3-5-7-20)16-23(29)27-26-15-17-8-10-18(11-9-17)24(30)34-2/h3-15H,16H2,1-2H3,(H,27,29)/b26-15-. The first-order valence-corrected chi connectivity index (χ1v) is 12.4. The van der Waals surface area contributed by atoms with E-state index in [0.717, 1.165) is 4.31 Å². The van der Waals surface area contributed by atoms with Gasteiger partial charge in [0.05, 0.1) is 31.7 Å². The lowest BCUT2D eigenvalue weighted by Crippen LogP contribution is -2.39. The van der Waals surface area contributed by atoms with Crippen molar-refractivity contribution >= 4 is 49.7 Å². The van der Waals surface area contributed by atoms with Crippen LogP contribution in [0, 0.1) is 0 Å². The molecule has 3 aromatic carbocycles. The Bertz CT molecular complexity index is 1330. The van der Waals surface area contributed by atoms with Gasteiger partial charge in [-0.2, -0.15) is 5.10 Å². The summed E-state index contributed by atoms with van der Waals surface area (Å²) in [6.07, 6.45) is 1.37. The van der Waals surface area contributed by atoms with Gasteiger partial charge >= 0.3 is 5.97 Å². The minimum Gasteiger partial charge on any atom is -0.495 e. The molecule has 0 atom stereocenters. The number of carbonyl (C=O) groups is 2. The molecule has 1 N–H and O–H groups in total.